The van der Waals surface area contributed by atoms with Crippen LogP contribution in [0.3, 0.4) is 0 Å². The molecule has 0 N–H and O–H groups in total. The quantitative estimate of drug-likeness (QED) is 0.161. The number of nitrogens with zero attached hydrogens (tertiary/aromatic N) is 1. The zero-order valence-electron chi connectivity index (χ0n) is 33.1. The molecule has 0 bridgehead atoms. The lowest BCUT2D eigenvalue weighted by molar-refractivity contribution is 0.661. The maximum atomic E-state index is 6.34. The molecule has 280 valence electrons. The van der Waals surface area contributed by atoms with Crippen molar-refractivity contribution in [3.63, 3.8) is 0 Å². The van der Waals surface area contributed by atoms with E-state index in [1.807, 2.05) is 12.1 Å². The van der Waals surface area contributed by atoms with Crippen LogP contribution in [0.25, 0.3) is 77.6 Å². The topological polar surface area (TPSA) is 16.4 Å². The van der Waals surface area contributed by atoms with Crippen LogP contribution in [0.5, 0.6) is 0 Å². The molecule has 0 spiro atoms. The monoisotopic (exact) mass is 755 g/mol. The van der Waals surface area contributed by atoms with Crippen molar-refractivity contribution in [3.8, 4) is 55.6 Å². The van der Waals surface area contributed by atoms with Gasteiger partial charge < -0.3 is 9.32 Å². The average Bonchev–Trinajstić information content (AvgIpc) is 3.79. The Balaban J connectivity index is 0.873. The molecule has 1 aliphatic rings. The van der Waals surface area contributed by atoms with Crippen LogP contribution in [0, 0.1) is 0 Å². The van der Waals surface area contributed by atoms with Crippen LogP contribution in [0.2, 0.25) is 0 Å². The van der Waals surface area contributed by atoms with E-state index in [0.717, 1.165) is 50.1 Å². The fourth-order valence-electron chi connectivity index (χ4n) is 9.17. The van der Waals surface area contributed by atoms with Crippen molar-refractivity contribution in [1.29, 1.82) is 0 Å². The maximum Gasteiger partial charge on any atom is 0.143 e. The Morgan fingerprint density at radius 1 is 0.339 bits per heavy atom. The zero-order valence-corrected chi connectivity index (χ0v) is 33.1. The molecule has 2 nitrogen and oxygen atoms in total. The second kappa shape index (κ2) is 13.9. The standard InChI is InChI=1S/C57H41NO/c1-57(2)53-36-43(38-12-5-3-6-13-38)28-34-49(53)50-35-29-44(37-54(50)57)41-26-32-47(33-27-41)58(45-14-7-4-8-15-45)46-30-24-40(25-31-46)39-20-22-42(23-21-39)48-17-11-18-52-51-16-9-10-19-55(51)59-56(48)52/h3-37H,1-2H3. The van der Waals surface area contributed by atoms with Crippen LogP contribution in [0.1, 0.15) is 25.0 Å². The summed E-state index contributed by atoms with van der Waals surface area (Å²) < 4.78 is 6.34. The van der Waals surface area contributed by atoms with E-state index in [1.54, 1.807) is 0 Å². The van der Waals surface area contributed by atoms with Gasteiger partial charge in [-0.2, -0.15) is 0 Å². The first-order valence-corrected chi connectivity index (χ1v) is 20.4. The smallest absolute Gasteiger partial charge is 0.143 e. The van der Waals surface area contributed by atoms with Gasteiger partial charge in [0.25, 0.3) is 0 Å². The number of para-hydroxylation sites is 3. The minimum absolute atomic E-state index is 0.103. The summed E-state index contributed by atoms with van der Waals surface area (Å²) >= 11 is 0. The summed E-state index contributed by atoms with van der Waals surface area (Å²) in [5.74, 6) is 0. The summed E-state index contributed by atoms with van der Waals surface area (Å²) in [5.41, 5.74) is 20.1. The summed E-state index contributed by atoms with van der Waals surface area (Å²) in [7, 11) is 0. The molecule has 0 saturated carbocycles. The Morgan fingerprint density at radius 3 is 1.39 bits per heavy atom. The first-order chi connectivity index (χ1) is 29.0. The zero-order chi connectivity index (χ0) is 39.5. The van der Waals surface area contributed by atoms with Crippen molar-refractivity contribution in [3.05, 3.63) is 223 Å². The minimum Gasteiger partial charge on any atom is -0.455 e. The number of anilines is 3. The number of furan rings is 1. The lowest BCUT2D eigenvalue weighted by Crippen LogP contribution is -2.15. The third-order valence-electron chi connectivity index (χ3n) is 12.3. The highest BCUT2D eigenvalue weighted by atomic mass is 16.3. The molecule has 2 heteroatoms. The summed E-state index contributed by atoms with van der Waals surface area (Å²) in [5, 5.41) is 2.29. The van der Waals surface area contributed by atoms with E-state index in [0.29, 0.717) is 0 Å². The van der Waals surface area contributed by atoms with E-state index in [9.17, 15) is 0 Å². The van der Waals surface area contributed by atoms with Gasteiger partial charge in [-0.3, -0.25) is 0 Å². The summed E-state index contributed by atoms with van der Waals surface area (Å²) in [4.78, 5) is 2.33. The first-order valence-electron chi connectivity index (χ1n) is 20.4. The fraction of sp³-hybridized carbons (Fsp3) is 0.0526. The Labute approximate surface area is 345 Å². The molecule has 1 aromatic heterocycles. The lowest BCUT2D eigenvalue weighted by Gasteiger charge is -2.26. The molecule has 59 heavy (non-hydrogen) atoms. The SMILES string of the molecule is CC1(C)c2cc(-c3ccccc3)ccc2-c2ccc(-c3ccc(N(c4ccccc4)c4ccc(-c5ccc(-c6cccc7c6oc6ccccc67)cc5)cc4)cc3)cc21. The number of rotatable bonds is 7. The van der Waals surface area contributed by atoms with Crippen LogP contribution >= 0.6 is 0 Å². The third-order valence-corrected chi connectivity index (χ3v) is 12.3. The van der Waals surface area contributed by atoms with Gasteiger partial charge in [-0.05, 0) is 116 Å². The van der Waals surface area contributed by atoms with E-state index in [-0.39, 0.29) is 5.41 Å². The summed E-state index contributed by atoms with van der Waals surface area (Å²) in [6, 6.07) is 76.7. The van der Waals surface area contributed by atoms with Crippen LogP contribution in [-0.4, -0.2) is 0 Å². The number of benzene rings is 9. The molecule has 11 rings (SSSR count). The van der Waals surface area contributed by atoms with Crippen molar-refractivity contribution in [2.45, 2.75) is 19.3 Å². The van der Waals surface area contributed by atoms with Gasteiger partial charge in [-0.1, -0.05) is 172 Å². The molecule has 1 heterocycles. The van der Waals surface area contributed by atoms with Gasteiger partial charge in [0.1, 0.15) is 11.2 Å². The molecule has 0 aliphatic heterocycles. The van der Waals surface area contributed by atoms with Crippen LogP contribution in [0.15, 0.2) is 217 Å². The van der Waals surface area contributed by atoms with Crippen LogP contribution in [0.4, 0.5) is 17.1 Å². The number of hydrogen-bond acceptors (Lipinski definition) is 2. The summed E-state index contributed by atoms with van der Waals surface area (Å²) in [6.07, 6.45) is 0. The highest BCUT2D eigenvalue weighted by molar-refractivity contribution is 6.09. The van der Waals surface area contributed by atoms with Gasteiger partial charge in [0.15, 0.2) is 0 Å². The minimum atomic E-state index is -0.103. The van der Waals surface area contributed by atoms with E-state index >= 15 is 0 Å². The van der Waals surface area contributed by atoms with Crippen molar-refractivity contribution in [2.24, 2.45) is 0 Å². The van der Waals surface area contributed by atoms with Gasteiger partial charge in [-0.15, -0.1) is 0 Å². The normalized spacial score (nSPS) is 12.7. The Kier molecular flexibility index (Phi) is 8.20. The highest BCUT2D eigenvalue weighted by Crippen LogP contribution is 2.51. The molecule has 10 aromatic rings. The van der Waals surface area contributed by atoms with Gasteiger partial charge in [0, 0.05) is 38.8 Å². The molecule has 0 amide bonds. The molecule has 0 atom stereocenters. The molecule has 0 fully saturated rings. The van der Waals surface area contributed by atoms with Gasteiger partial charge in [0.2, 0.25) is 0 Å². The largest absolute Gasteiger partial charge is 0.455 e. The Hall–Kier alpha value is -7.42. The van der Waals surface area contributed by atoms with Crippen LogP contribution in [-0.2, 0) is 5.41 Å². The number of fused-ring (bicyclic) bond motifs is 6. The predicted octanol–water partition coefficient (Wildman–Crippen LogP) is 16.0. The first kappa shape index (κ1) is 34.8. The molecule has 9 aromatic carbocycles. The lowest BCUT2D eigenvalue weighted by atomic mass is 9.81. The van der Waals surface area contributed by atoms with Crippen molar-refractivity contribution < 1.29 is 4.42 Å². The van der Waals surface area contributed by atoms with Crippen LogP contribution < -0.4 is 4.90 Å². The Bertz CT molecular complexity index is 3140. The predicted molar refractivity (Wildman–Crippen MR) is 248 cm³/mol. The molecule has 1 aliphatic carbocycles. The molecule has 0 radical (unpaired) electrons. The van der Waals surface area contributed by atoms with Crippen molar-refractivity contribution in [1.82, 2.24) is 0 Å². The molecular formula is C57H41NO. The van der Waals surface area contributed by atoms with E-state index < -0.39 is 0 Å². The molecular weight excluding hydrogens is 715 g/mol. The van der Waals surface area contributed by atoms with Gasteiger partial charge in [-0.25, -0.2) is 0 Å². The van der Waals surface area contributed by atoms with E-state index in [1.165, 1.54) is 55.6 Å². The van der Waals surface area contributed by atoms with Crippen molar-refractivity contribution >= 4 is 39.0 Å². The maximum absolute atomic E-state index is 6.34. The molecule has 0 saturated heterocycles. The fourth-order valence-corrected chi connectivity index (χ4v) is 9.17. The summed E-state index contributed by atoms with van der Waals surface area (Å²) in [6.45, 7) is 4.73. The molecule has 0 unspecified atom stereocenters. The Morgan fingerprint density at radius 2 is 0.780 bits per heavy atom. The highest BCUT2D eigenvalue weighted by Gasteiger charge is 2.36. The van der Waals surface area contributed by atoms with E-state index in [4.69, 9.17) is 4.42 Å². The van der Waals surface area contributed by atoms with Gasteiger partial charge in [0.05, 0.1) is 0 Å². The second-order valence-corrected chi connectivity index (χ2v) is 16.1. The number of hydrogen-bond donors (Lipinski definition) is 0. The van der Waals surface area contributed by atoms with E-state index in [2.05, 4.69) is 219 Å². The average molecular weight is 756 g/mol. The van der Waals surface area contributed by atoms with Gasteiger partial charge >= 0.3 is 0 Å². The third kappa shape index (κ3) is 5.96. The van der Waals surface area contributed by atoms with Crippen molar-refractivity contribution in [2.75, 3.05) is 4.90 Å². The second-order valence-electron chi connectivity index (χ2n) is 16.1.